The Morgan fingerprint density at radius 3 is 2.50 bits per heavy atom. The van der Waals surface area contributed by atoms with Gasteiger partial charge in [-0.05, 0) is 13.3 Å². The molecule has 0 amide bonds. The molecule has 0 saturated heterocycles. The van der Waals surface area contributed by atoms with Gasteiger partial charge in [0.1, 0.15) is 0 Å². The zero-order valence-corrected chi connectivity index (χ0v) is 8.25. The highest BCUT2D eigenvalue weighted by molar-refractivity contribution is 5.88. The van der Waals surface area contributed by atoms with Crippen molar-refractivity contribution in [3.8, 4) is 0 Å². The van der Waals surface area contributed by atoms with Crippen molar-refractivity contribution in [3.63, 3.8) is 0 Å². The Balaban J connectivity index is 3.58. The van der Waals surface area contributed by atoms with E-state index >= 15 is 0 Å². The summed E-state index contributed by atoms with van der Waals surface area (Å²) in [6.45, 7) is 8.23. The third-order valence-electron chi connectivity index (χ3n) is 1.25. The fourth-order valence-corrected chi connectivity index (χ4v) is 0.545. The highest BCUT2D eigenvalue weighted by Gasteiger charge is 2.07. The van der Waals surface area contributed by atoms with Crippen molar-refractivity contribution in [3.05, 3.63) is 24.8 Å². The van der Waals surface area contributed by atoms with E-state index in [1.165, 1.54) is 6.92 Å². The number of ether oxygens (including phenoxy) is 2. The summed E-state index contributed by atoms with van der Waals surface area (Å²) >= 11 is 0. The zero-order chi connectivity index (χ0) is 11.0. The molecule has 14 heavy (non-hydrogen) atoms. The third kappa shape index (κ3) is 5.99. The molecule has 0 saturated carbocycles. The third-order valence-corrected chi connectivity index (χ3v) is 1.25. The molecule has 78 valence electrons. The van der Waals surface area contributed by atoms with Gasteiger partial charge in [0.05, 0.1) is 6.61 Å². The van der Waals surface area contributed by atoms with Crippen molar-refractivity contribution in [1.29, 1.82) is 0 Å². The lowest BCUT2D eigenvalue weighted by Gasteiger charge is -2.04. The molecule has 0 radical (unpaired) electrons. The molecule has 0 heterocycles. The highest BCUT2D eigenvalue weighted by Crippen LogP contribution is 1.93. The first-order valence-corrected chi connectivity index (χ1v) is 4.17. The van der Waals surface area contributed by atoms with Crippen LogP contribution in [-0.4, -0.2) is 25.2 Å². The van der Waals surface area contributed by atoms with Gasteiger partial charge in [-0.3, -0.25) is 0 Å². The van der Waals surface area contributed by atoms with Crippen molar-refractivity contribution >= 4 is 11.9 Å². The summed E-state index contributed by atoms with van der Waals surface area (Å²) in [5.74, 6) is -1.16. The quantitative estimate of drug-likeness (QED) is 0.279. The molecule has 0 spiro atoms. The summed E-state index contributed by atoms with van der Waals surface area (Å²) in [6, 6.07) is 0. The van der Waals surface area contributed by atoms with E-state index < -0.39 is 11.9 Å². The van der Waals surface area contributed by atoms with Gasteiger partial charge in [0.15, 0.2) is 6.61 Å². The van der Waals surface area contributed by atoms with Gasteiger partial charge in [-0.1, -0.05) is 12.7 Å². The Morgan fingerprint density at radius 2 is 2.00 bits per heavy atom. The highest BCUT2D eigenvalue weighted by atomic mass is 16.6. The SMILES string of the molecule is C=CCCOC(=O)COC(=O)C(=C)C. The summed E-state index contributed by atoms with van der Waals surface area (Å²) < 4.78 is 9.25. The van der Waals surface area contributed by atoms with Crippen molar-refractivity contribution < 1.29 is 19.1 Å². The lowest BCUT2D eigenvalue weighted by atomic mass is 10.4. The lowest BCUT2D eigenvalue weighted by Crippen LogP contribution is -2.17. The molecule has 0 aliphatic heterocycles. The molecule has 0 fully saturated rings. The number of hydrogen-bond donors (Lipinski definition) is 0. The van der Waals surface area contributed by atoms with Gasteiger partial charge in [-0.15, -0.1) is 6.58 Å². The van der Waals surface area contributed by atoms with Gasteiger partial charge < -0.3 is 9.47 Å². The van der Waals surface area contributed by atoms with Crippen molar-refractivity contribution in [2.24, 2.45) is 0 Å². The minimum Gasteiger partial charge on any atom is -0.463 e. The van der Waals surface area contributed by atoms with Gasteiger partial charge in [-0.2, -0.15) is 0 Å². The number of carbonyl (C=O) groups is 2. The molecule has 0 aliphatic carbocycles. The van der Waals surface area contributed by atoms with Crippen LogP contribution in [-0.2, 0) is 19.1 Å². The standard InChI is InChI=1S/C10H14O4/c1-4-5-6-13-9(11)7-14-10(12)8(2)3/h4H,1-2,5-7H2,3H3. The van der Waals surface area contributed by atoms with E-state index in [0.29, 0.717) is 6.42 Å². The number of esters is 2. The average molecular weight is 198 g/mol. The van der Waals surface area contributed by atoms with Gasteiger partial charge in [0.25, 0.3) is 0 Å². The predicted octanol–water partition coefficient (Wildman–Crippen LogP) is 1.22. The first-order chi connectivity index (χ1) is 6.57. The van der Waals surface area contributed by atoms with Gasteiger partial charge in [0.2, 0.25) is 0 Å². The largest absolute Gasteiger partial charge is 0.463 e. The molecule has 4 nitrogen and oxygen atoms in total. The second-order valence-electron chi connectivity index (χ2n) is 2.65. The van der Waals surface area contributed by atoms with Crippen LogP contribution in [0.1, 0.15) is 13.3 Å². The Bertz CT molecular complexity index is 243. The summed E-state index contributed by atoms with van der Waals surface area (Å²) in [5.41, 5.74) is 0.254. The molecule has 0 aromatic carbocycles. The monoisotopic (exact) mass is 198 g/mol. The molecule has 0 rings (SSSR count). The Hall–Kier alpha value is -1.58. The molecule has 4 heteroatoms. The van der Waals surface area contributed by atoms with Crippen LogP contribution < -0.4 is 0 Å². The minimum absolute atomic E-state index is 0.254. The van der Waals surface area contributed by atoms with Crippen molar-refractivity contribution in [2.45, 2.75) is 13.3 Å². The van der Waals surface area contributed by atoms with Gasteiger partial charge in [0, 0.05) is 5.57 Å². The van der Waals surface area contributed by atoms with E-state index in [9.17, 15) is 9.59 Å². The maximum atomic E-state index is 10.9. The van der Waals surface area contributed by atoms with E-state index in [1.54, 1.807) is 6.08 Å². The van der Waals surface area contributed by atoms with Crippen molar-refractivity contribution in [2.75, 3.05) is 13.2 Å². The van der Waals surface area contributed by atoms with Crippen LogP contribution >= 0.6 is 0 Å². The average Bonchev–Trinajstić information content (AvgIpc) is 2.14. The van der Waals surface area contributed by atoms with Crippen LogP contribution in [0.3, 0.4) is 0 Å². The summed E-state index contributed by atoms with van der Waals surface area (Å²) in [4.78, 5) is 21.7. The molecule has 0 N–H and O–H groups in total. The van der Waals surface area contributed by atoms with Crippen molar-refractivity contribution in [1.82, 2.24) is 0 Å². The summed E-state index contributed by atoms with van der Waals surface area (Å²) in [6.07, 6.45) is 2.22. The normalized spacial score (nSPS) is 8.93. The topological polar surface area (TPSA) is 52.6 Å². The molecule has 0 unspecified atom stereocenters. The Morgan fingerprint density at radius 1 is 1.36 bits per heavy atom. The first kappa shape index (κ1) is 12.4. The maximum Gasteiger partial charge on any atom is 0.344 e. The molecule has 0 aromatic rings. The van der Waals surface area contributed by atoms with E-state index in [-0.39, 0.29) is 18.8 Å². The van der Waals surface area contributed by atoms with E-state index in [2.05, 4.69) is 17.9 Å². The smallest absolute Gasteiger partial charge is 0.344 e. The van der Waals surface area contributed by atoms with Crippen LogP contribution in [0.4, 0.5) is 0 Å². The molecule has 0 bridgehead atoms. The fourth-order valence-electron chi connectivity index (χ4n) is 0.545. The minimum atomic E-state index is -0.592. The fraction of sp³-hybridized carbons (Fsp3) is 0.400. The number of hydrogen-bond acceptors (Lipinski definition) is 4. The van der Waals surface area contributed by atoms with Crippen LogP contribution in [0.25, 0.3) is 0 Å². The van der Waals surface area contributed by atoms with Crippen LogP contribution in [0.15, 0.2) is 24.8 Å². The maximum absolute atomic E-state index is 10.9. The number of rotatable bonds is 6. The van der Waals surface area contributed by atoms with Gasteiger partial charge >= 0.3 is 11.9 Å². The van der Waals surface area contributed by atoms with Gasteiger partial charge in [-0.25, -0.2) is 9.59 Å². The van der Waals surface area contributed by atoms with E-state index in [4.69, 9.17) is 4.74 Å². The van der Waals surface area contributed by atoms with Crippen LogP contribution in [0, 0.1) is 0 Å². The molecule has 0 atom stereocenters. The molecule has 0 aromatic heterocycles. The van der Waals surface area contributed by atoms with Crippen LogP contribution in [0.2, 0.25) is 0 Å². The molecule has 0 aliphatic rings. The Kier molecular flexibility index (Phi) is 6.11. The zero-order valence-electron chi connectivity index (χ0n) is 8.25. The summed E-state index contributed by atoms with van der Waals surface area (Å²) in [5, 5.41) is 0. The molecular formula is C10H14O4. The first-order valence-electron chi connectivity index (χ1n) is 4.17. The second-order valence-corrected chi connectivity index (χ2v) is 2.65. The number of carbonyl (C=O) groups excluding carboxylic acids is 2. The predicted molar refractivity (Wildman–Crippen MR) is 51.5 cm³/mol. The Labute approximate surface area is 83.2 Å². The summed E-state index contributed by atoms with van der Waals surface area (Å²) in [7, 11) is 0. The van der Waals surface area contributed by atoms with Crippen LogP contribution in [0.5, 0.6) is 0 Å². The molecular weight excluding hydrogens is 184 g/mol. The van der Waals surface area contributed by atoms with E-state index in [1.807, 2.05) is 0 Å². The van der Waals surface area contributed by atoms with E-state index in [0.717, 1.165) is 0 Å². The second kappa shape index (κ2) is 6.88. The lowest BCUT2D eigenvalue weighted by molar-refractivity contribution is -0.156.